The first kappa shape index (κ1) is 21.4. The molecule has 0 bridgehead atoms. The maximum atomic E-state index is 13.1. The van der Waals surface area contributed by atoms with Crippen molar-refractivity contribution < 1.29 is 4.79 Å². The molecule has 0 unspecified atom stereocenters. The van der Waals surface area contributed by atoms with Crippen molar-refractivity contribution in [3.8, 4) is 0 Å². The van der Waals surface area contributed by atoms with Crippen LogP contribution in [0.1, 0.15) is 67.6 Å². The van der Waals surface area contributed by atoms with Gasteiger partial charge in [0.1, 0.15) is 0 Å². The quantitative estimate of drug-likeness (QED) is 0.447. The van der Waals surface area contributed by atoms with E-state index < -0.39 is 0 Å². The summed E-state index contributed by atoms with van der Waals surface area (Å²) in [6, 6.07) is 13.9. The monoisotopic (exact) mass is 415 g/mol. The van der Waals surface area contributed by atoms with E-state index in [2.05, 4.69) is 50.8 Å². The fraction of sp³-hybridized carbons (Fsp3) is 0.370. The molecule has 0 saturated heterocycles. The molecule has 0 fully saturated rings. The lowest BCUT2D eigenvalue weighted by Crippen LogP contribution is -2.43. The van der Waals surface area contributed by atoms with E-state index >= 15 is 0 Å². The van der Waals surface area contributed by atoms with E-state index in [1.54, 1.807) is 4.68 Å². The number of hydrogen-bond donors (Lipinski definition) is 1. The summed E-state index contributed by atoms with van der Waals surface area (Å²) >= 11 is 0. The summed E-state index contributed by atoms with van der Waals surface area (Å²) in [6.07, 6.45) is 7.43. The van der Waals surface area contributed by atoms with Gasteiger partial charge in [0.15, 0.2) is 5.78 Å². The average Bonchev–Trinajstić information content (AvgIpc) is 3.09. The minimum absolute atomic E-state index is 0.0530. The smallest absolute Gasteiger partial charge is 0.193 e. The molecule has 3 aromatic rings. The molecular formula is C27H33N3O. The maximum Gasteiger partial charge on any atom is 0.193 e. The summed E-state index contributed by atoms with van der Waals surface area (Å²) in [5.41, 5.74) is 6.26. The number of ketones is 1. The number of aromatic nitrogens is 1. The van der Waals surface area contributed by atoms with Gasteiger partial charge in [-0.3, -0.25) is 14.4 Å². The van der Waals surface area contributed by atoms with Crippen LogP contribution >= 0.6 is 0 Å². The van der Waals surface area contributed by atoms with Gasteiger partial charge in [0.2, 0.25) is 0 Å². The Hall–Kier alpha value is -2.85. The Morgan fingerprint density at radius 3 is 2.39 bits per heavy atom. The average molecular weight is 416 g/mol. The van der Waals surface area contributed by atoms with Gasteiger partial charge in [-0.15, -0.1) is 0 Å². The number of nitrogen functional groups attached to an aromatic ring is 1. The highest BCUT2D eigenvalue weighted by atomic mass is 16.1. The van der Waals surface area contributed by atoms with E-state index in [4.69, 9.17) is 5.84 Å². The second kappa shape index (κ2) is 8.35. The van der Waals surface area contributed by atoms with E-state index in [1.807, 2.05) is 36.5 Å². The predicted molar refractivity (Wildman–Crippen MR) is 130 cm³/mol. The molecule has 2 aromatic carbocycles. The van der Waals surface area contributed by atoms with Crippen LogP contribution in [0.15, 0.2) is 54.7 Å². The van der Waals surface area contributed by atoms with Crippen molar-refractivity contribution >= 4 is 22.3 Å². The van der Waals surface area contributed by atoms with Gasteiger partial charge in [-0.2, -0.15) is 0 Å². The Labute approximate surface area is 185 Å². The molecule has 0 saturated carbocycles. The van der Waals surface area contributed by atoms with Gasteiger partial charge in [-0.05, 0) is 62.9 Å². The lowest BCUT2D eigenvalue weighted by molar-refractivity contribution is 0.103. The minimum atomic E-state index is 0.0530. The third-order valence-corrected chi connectivity index (χ3v) is 6.35. The Morgan fingerprint density at radius 2 is 1.77 bits per heavy atom. The molecular weight excluding hydrogens is 382 g/mol. The number of benzene rings is 2. The summed E-state index contributed by atoms with van der Waals surface area (Å²) in [7, 11) is 0. The van der Waals surface area contributed by atoms with Gasteiger partial charge in [0.05, 0.1) is 5.52 Å². The Bertz CT molecular complexity index is 1130. The molecule has 0 aliphatic carbocycles. The molecule has 0 atom stereocenters. The van der Waals surface area contributed by atoms with Crippen LogP contribution < -0.4 is 5.84 Å². The number of nitrogens with zero attached hydrogens (tertiary/aromatic N) is 2. The SMILES string of the molecule is CCCc1ccc(C(=O)c2ccc3c(c2)c(C2=CCN(C(C)(C)C)CC2)cn3N)cc1. The standard InChI is InChI=1S/C27H33N3O/c1-5-6-19-7-9-21(10-8-19)26(31)22-11-12-25-23(17-22)24(18-30(25)28)20-13-15-29(16-14-20)27(2,3)4/h7-13,17-18H,5-6,14-16,28H2,1-4H3. The van der Waals surface area contributed by atoms with Gasteiger partial charge < -0.3 is 5.84 Å². The zero-order valence-corrected chi connectivity index (χ0v) is 19.1. The lowest BCUT2D eigenvalue weighted by Gasteiger charge is -2.37. The van der Waals surface area contributed by atoms with Gasteiger partial charge in [-0.25, -0.2) is 0 Å². The first-order valence-electron chi connectivity index (χ1n) is 11.3. The van der Waals surface area contributed by atoms with Gasteiger partial charge in [-0.1, -0.05) is 43.7 Å². The molecule has 0 spiro atoms. The van der Waals surface area contributed by atoms with E-state index in [0.29, 0.717) is 5.56 Å². The largest absolute Gasteiger partial charge is 0.339 e. The van der Waals surface area contributed by atoms with Crippen molar-refractivity contribution in [2.75, 3.05) is 18.9 Å². The lowest BCUT2D eigenvalue weighted by atomic mass is 9.94. The Morgan fingerprint density at radius 1 is 1.06 bits per heavy atom. The van der Waals surface area contributed by atoms with E-state index in [9.17, 15) is 4.79 Å². The van der Waals surface area contributed by atoms with Crippen LogP contribution in [0.2, 0.25) is 0 Å². The summed E-state index contributed by atoms with van der Waals surface area (Å²) < 4.78 is 1.68. The molecule has 1 aliphatic heterocycles. The van der Waals surface area contributed by atoms with Crippen molar-refractivity contribution in [1.29, 1.82) is 0 Å². The number of carbonyl (C=O) groups excluding carboxylic acids is 1. The normalized spacial score (nSPS) is 15.3. The molecule has 4 rings (SSSR count). The van der Waals surface area contributed by atoms with Crippen molar-refractivity contribution in [2.45, 2.75) is 52.5 Å². The fourth-order valence-corrected chi connectivity index (χ4v) is 4.45. The van der Waals surface area contributed by atoms with Gasteiger partial charge in [0.25, 0.3) is 0 Å². The first-order valence-corrected chi connectivity index (χ1v) is 11.3. The van der Waals surface area contributed by atoms with Crippen molar-refractivity contribution in [2.24, 2.45) is 0 Å². The fourth-order valence-electron chi connectivity index (χ4n) is 4.45. The molecule has 1 aromatic heterocycles. The summed E-state index contributed by atoms with van der Waals surface area (Å²) in [5, 5.41) is 1.05. The number of carbonyl (C=O) groups is 1. The molecule has 162 valence electrons. The summed E-state index contributed by atoms with van der Waals surface area (Å²) in [6.45, 7) is 10.9. The Kier molecular flexibility index (Phi) is 5.76. The summed E-state index contributed by atoms with van der Waals surface area (Å²) in [4.78, 5) is 15.6. The van der Waals surface area contributed by atoms with E-state index in [-0.39, 0.29) is 11.3 Å². The highest BCUT2D eigenvalue weighted by Crippen LogP contribution is 2.32. The maximum absolute atomic E-state index is 13.1. The third-order valence-electron chi connectivity index (χ3n) is 6.35. The molecule has 2 N–H and O–H groups in total. The Balaban J connectivity index is 1.66. The van der Waals surface area contributed by atoms with Crippen LogP contribution in [0, 0.1) is 0 Å². The summed E-state index contributed by atoms with van der Waals surface area (Å²) in [5.74, 6) is 6.31. The molecule has 4 heteroatoms. The minimum Gasteiger partial charge on any atom is -0.339 e. The van der Waals surface area contributed by atoms with Crippen LogP contribution in [0.3, 0.4) is 0 Å². The molecule has 2 heterocycles. The van der Waals surface area contributed by atoms with Crippen LogP contribution in [-0.4, -0.2) is 34.0 Å². The zero-order valence-electron chi connectivity index (χ0n) is 19.1. The van der Waals surface area contributed by atoms with Crippen LogP contribution in [0.25, 0.3) is 16.5 Å². The molecule has 31 heavy (non-hydrogen) atoms. The number of rotatable bonds is 5. The highest BCUT2D eigenvalue weighted by molar-refractivity contribution is 6.11. The number of hydrogen-bond acceptors (Lipinski definition) is 3. The first-order chi connectivity index (χ1) is 14.8. The van der Waals surface area contributed by atoms with Crippen molar-refractivity contribution in [3.05, 3.63) is 77.0 Å². The zero-order chi connectivity index (χ0) is 22.2. The van der Waals surface area contributed by atoms with Crippen molar-refractivity contribution in [1.82, 2.24) is 9.58 Å². The van der Waals surface area contributed by atoms with E-state index in [0.717, 1.165) is 54.4 Å². The number of nitrogens with two attached hydrogens (primary N) is 1. The van der Waals surface area contributed by atoms with Gasteiger partial charge in [0, 0.05) is 46.9 Å². The van der Waals surface area contributed by atoms with E-state index in [1.165, 1.54) is 11.1 Å². The molecule has 4 nitrogen and oxygen atoms in total. The van der Waals surface area contributed by atoms with Gasteiger partial charge >= 0.3 is 0 Å². The number of aryl methyl sites for hydroxylation is 1. The van der Waals surface area contributed by atoms with Crippen LogP contribution in [0.5, 0.6) is 0 Å². The second-order valence-corrected chi connectivity index (χ2v) is 9.55. The number of fused-ring (bicyclic) bond motifs is 1. The third kappa shape index (κ3) is 4.31. The molecule has 0 radical (unpaired) electrons. The predicted octanol–water partition coefficient (Wildman–Crippen LogP) is 5.43. The van der Waals surface area contributed by atoms with Crippen LogP contribution in [-0.2, 0) is 6.42 Å². The molecule has 1 aliphatic rings. The van der Waals surface area contributed by atoms with Crippen LogP contribution in [0.4, 0.5) is 0 Å². The highest BCUT2D eigenvalue weighted by Gasteiger charge is 2.24. The van der Waals surface area contributed by atoms with Crippen molar-refractivity contribution in [3.63, 3.8) is 0 Å². The second-order valence-electron chi connectivity index (χ2n) is 9.55. The molecule has 0 amide bonds. The topological polar surface area (TPSA) is 51.3 Å².